The summed E-state index contributed by atoms with van der Waals surface area (Å²) in [6, 6.07) is 1.91. The van der Waals surface area contributed by atoms with E-state index >= 15 is 0 Å². The van der Waals surface area contributed by atoms with Gasteiger partial charge in [-0.25, -0.2) is 0 Å². The minimum Gasteiger partial charge on any atom is -0.496 e. The molecule has 1 aliphatic heterocycles. The molecule has 14 heavy (non-hydrogen) atoms. The van der Waals surface area contributed by atoms with Gasteiger partial charge in [-0.05, 0) is 19.0 Å². The zero-order chi connectivity index (χ0) is 9.97. The number of pyridine rings is 1. The maximum atomic E-state index is 9.97. The highest BCUT2D eigenvalue weighted by atomic mass is 16.5. The second-order valence-corrected chi connectivity index (χ2v) is 3.41. The van der Waals surface area contributed by atoms with Crippen LogP contribution in [0.25, 0.3) is 0 Å². The molecule has 1 aromatic heterocycles. The van der Waals surface area contributed by atoms with Gasteiger partial charge in [0.1, 0.15) is 5.75 Å². The van der Waals surface area contributed by atoms with Crippen molar-refractivity contribution in [1.29, 1.82) is 0 Å². The van der Waals surface area contributed by atoms with Gasteiger partial charge in [-0.3, -0.25) is 4.98 Å². The van der Waals surface area contributed by atoms with Gasteiger partial charge in [0.15, 0.2) is 0 Å². The minimum absolute atomic E-state index is 0.146. The highest BCUT2D eigenvalue weighted by molar-refractivity contribution is 5.33. The molecular weight excluding hydrogens is 180 g/mol. The van der Waals surface area contributed by atoms with Crippen molar-refractivity contribution in [2.45, 2.75) is 18.6 Å². The fraction of sp³-hybridized carbons (Fsp3) is 0.500. The Bertz CT molecular complexity index is 313. The number of nitrogens with zero attached hydrogens (tertiary/aromatic N) is 1. The number of ether oxygens (including phenoxy) is 1. The molecule has 0 aromatic carbocycles. The fourth-order valence-corrected chi connectivity index (χ4v) is 1.60. The minimum atomic E-state index is -0.521. The summed E-state index contributed by atoms with van der Waals surface area (Å²) < 4.78 is 5.16. The molecule has 4 heteroatoms. The highest BCUT2D eigenvalue weighted by Crippen LogP contribution is 2.28. The van der Waals surface area contributed by atoms with E-state index in [0.29, 0.717) is 5.75 Å². The van der Waals surface area contributed by atoms with Gasteiger partial charge >= 0.3 is 0 Å². The van der Waals surface area contributed by atoms with Crippen LogP contribution in [0.1, 0.15) is 18.1 Å². The van der Waals surface area contributed by atoms with Crippen LogP contribution in [0.3, 0.4) is 0 Å². The zero-order valence-corrected chi connectivity index (χ0v) is 8.10. The lowest BCUT2D eigenvalue weighted by atomic mass is 9.95. The molecular formula is C10H14N2O2. The first-order valence-corrected chi connectivity index (χ1v) is 4.72. The lowest BCUT2D eigenvalue weighted by molar-refractivity contribution is 0.0929. The number of methoxy groups -OCH3 is 1. The van der Waals surface area contributed by atoms with E-state index in [4.69, 9.17) is 4.74 Å². The van der Waals surface area contributed by atoms with Crippen molar-refractivity contribution in [3.05, 3.63) is 24.0 Å². The average Bonchev–Trinajstić information content (AvgIpc) is 2.15. The molecule has 2 heterocycles. The number of aliphatic hydroxyl groups is 1. The summed E-state index contributed by atoms with van der Waals surface area (Å²) in [5, 5.41) is 13.1. The average molecular weight is 194 g/mol. The predicted octanol–water partition coefficient (Wildman–Crippen LogP) is 0.485. The van der Waals surface area contributed by atoms with Gasteiger partial charge in [0, 0.05) is 24.0 Å². The van der Waals surface area contributed by atoms with E-state index in [1.165, 1.54) is 0 Å². The van der Waals surface area contributed by atoms with Gasteiger partial charge in [0.25, 0.3) is 0 Å². The Hall–Kier alpha value is -1.13. The topological polar surface area (TPSA) is 54.4 Å². The van der Waals surface area contributed by atoms with Gasteiger partial charge in [-0.15, -0.1) is 0 Å². The molecule has 0 bridgehead atoms. The van der Waals surface area contributed by atoms with Gasteiger partial charge in [0.05, 0.1) is 13.2 Å². The van der Waals surface area contributed by atoms with Crippen LogP contribution in [0.2, 0.25) is 0 Å². The van der Waals surface area contributed by atoms with Crippen molar-refractivity contribution >= 4 is 0 Å². The number of hydrogen-bond donors (Lipinski definition) is 2. The summed E-state index contributed by atoms with van der Waals surface area (Å²) in [5.41, 5.74) is 0.757. The number of rotatable bonds is 3. The van der Waals surface area contributed by atoms with Crippen molar-refractivity contribution < 1.29 is 9.84 Å². The molecule has 1 fully saturated rings. The Labute approximate surface area is 82.9 Å². The Morgan fingerprint density at radius 1 is 1.71 bits per heavy atom. The summed E-state index contributed by atoms with van der Waals surface area (Å²) in [6.07, 6.45) is 3.79. The summed E-state index contributed by atoms with van der Waals surface area (Å²) in [5.74, 6) is 0.696. The molecule has 0 spiro atoms. The van der Waals surface area contributed by atoms with Gasteiger partial charge in [0.2, 0.25) is 0 Å². The predicted molar refractivity (Wildman–Crippen MR) is 52.2 cm³/mol. The number of nitrogens with one attached hydrogen (secondary N) is 1. The standard InChI is InChI=1S/C10H14N2O2/c1-14-9-3-4-11-6-7(9)10(13)8-2-5-12-8/h3-4,6,8,10,12-13H,2,5H2,1H3/t8-,10?/m1/s1. The van der Waals surface area contributed by atoms with Gasteiger partial charge < -0.3 is 15.2 Å². The smallest absolute Gasteiger partial charge is 0.127 e. The lowest BCUT2D eigenvalue weighted by Crippen LogP contribution is -2.47. The second kappa shape index (κ2) is 3.94. The zero-order valence-electron chi connectivity index (χ0n) is 8.10. The number of aliphatic hydroxyl groups excluding tert-OH is 1. The summed E-state index contributed by atoms with van der Waals surface area (Å²) in [6.45, 7) is 0.976. The van der Waals surface area contributed by atoms with Crippen LogP contribution < -0.4 is 10.1 Å². The molecule has 0 radical (unpaired) electrons. The molecule has 2 N–H and O–H groups in total. The monoisotopic (exact) mass is 194 g/mol. The molecule has 76 valence electrons. The van der Waals surface area contributed by atoms with Crippen molar-refractivity contribution in [3.8, 4) is 5.75 Å². The maximum absolute atomic E-state index is 9.97. The van der Waals surface area contributed by atoms with Gasteiger partial charge in [-0.1, -0.05) is 0 Å². The van der Waals surface area contributed by atoms with Crippen LogP contribution in [-0.4, -0.2) is 29.8 Å². The Balaban J connectivity index is 2.20. The van der Waals surface area contributed by atoms with E-state index < -0.39 is 6.10 Å². The third-order valence-electron chi connectivity index (χ3n) is 2.59. The van der Waals surface area contributed by atoms with Crippen molar-refractivity contribution in [2.75, 3.05) is 13.7 Å². The maximum Gasteiger partial charge on any atom is 0.127 e. The molecule has 1 aliphatic rings. The molecule has 1 aromatic rings. The first kappa shape index (κ1) is 9.43. The van der Waals surface area contributed by atoms with Crippen LogP contribution in [0, 0.1) is 0 Å². The number of aromatic nitrogens is 1. The van der Waals surface area contributed by atoms with Crippen molar-refractivity contribution in [1.82, 2.24) is 10.3 Å². The summed E-state index contributed by atoms with van der Waals surface area (Å²) >= 11 is 0. The highest BCUT2D eigenvalue weighted by Gasteiger charge is 2.28. The van der Waals surface area contributed by atoms with E-state index in [0.717, 1.165) is 18.5 Å². The fourth-order valence-electron chi connectivity index (χ4n) is 1.60. The molecule has 1 saturated heterocycles. The van der Waals surface area contributed by atoms with Crippen LogP contribution in [-0.2, 0) is 0 Å². The number of hydrogen-bond acceptors (Lipinski definition) is 4. The Kier molecular flexibility index (Phi) is 2.65. The third kappa shape index (κ3) is 1.58. The SMILES string of the molecule is COc1ccncc1C(O)[C@H]1CCN1. The van der Waals surface area contributed by atoms with Crippen molar-refractivity contribution in [3.63, 3.8) is 0 Å². The Morgan fingerprint density at radius 3 is 3.07 bits per heavy atom. The molecule has 2 rings (SSSR count). The van der Waals surface area contributed by atoms with Crippen LogP contribution in [0.15, 0.2) is 18.5 Å². The summed E-state index contributed by atoms with van der Waals surface area (Å²) in [7, 11) is 1.60. The van der Waals surface area contributed by atoms with E-state index in [9.17, 15) is 5.11 Å². The van der Waals surface area contributed by atoms with E-state index in [2.05, 4.69) is 10.3 Å². The summed E-state index contributed by atoms with van der Waals surface area (Å²) in [4.78, 5) is 3.99. The molecule has 0 aliphatic carbocycles. The molecule has 1 unspecified atom stereocenters. The molecule has 0 amide bonds. The van der Waals surface area contributed by atoms with Crippen LogP contribution in [0.4, 0.5) is 0 Å². The largest absolute Gasteiger partial charge is 0.496 e. The lowest BCUT2D eigenvalue weighted by Gasteiger charge is -2.32. The molecule has 0 saturated carbocycles. The first-order valence-electron chi connectivity index (χ1n) is 4.72. The van der Waals surface area contributed by atoms with Crippen LogP contribution >= 0.6 is 0 Å². The van der Waals surface area contributed by atoms with E-state index in [1.807, 2.05) is 0 Å². The quantitative estimate of drug-likeness (QED) is 0.735. The third-order valence-corrected chi connectivity index (χ3v) is 2.59. The van der Waals surface area contributed by atoms with E-state index in [1.54, 1.807) is 25.6 Å². The molecule has 2 atom stereocenters. The van der Waals surface area contributed by atoms with Crippen LogP contribution in [0.5, 0.6) is 5.75 Å². The first-order chi connectivity index (χ1) is 6.83. The second-order valence-electron chi connectivity index (χ2n) is 3.41. The Morgan fingerprint density at radius 2 is 2.50 bits per heavy atom. The van der Waals surface area contributed by atoms with Gasteiger partial charge in [-0.2, -0.15) is 0 Å². The van der Waals surface area contributed by atoms with E-state index in [-0.39, 0.29) is 6.04 Å². The normalized spacial score (nSPS) is 22.6. The van der Waals surface area contributed by atoms with Crippen molar-refractivity contribution in [2.24, 2.45) is 0 Å². The molecule has 4 nitrogen and oxygen atoms in total.